The predicted octanol–water partition coefficient (Wildman–Crippen LogP) is 4.75. The maximum absolute atomic E-state index is 6.17. The van der Waals surface area contributed by atoms with Gasteiger partial charge in [0.1, 0.15) is 11.3 Å². The summed E-state index contributed by atoms with van der Waals surface area (Å²) in [5.74, 6) is 0.814. The second kappa shape index (κ2) is 8.85. The molecule has 3 heterocycles. The van der Waals surface area contributed by atoms with E-state index in [2.05, 4.69) is 65.8 Å². The number of likely N-dealkylation sites (N-methyl/N-ethyl adjacent to an activating group) is 1. The maximum atomic E-state index is 6.17. The van der Waals surface area contributed by atoms with Gasteiger partial charge in [-0.3, -0.25) is 9.36 Å². The summed E-state index contributed by atoms with van der Waals surface area (Å²) in [5, 5.41) is 10.3. The molecule has 0 unspecified atom stereocenters. The third-order valence-corrected chi connectivity index (χ3v) is 5.66. The summed E-state index contributed by atoms with van der Waals surface area (Å²) in [4.78, 5) is 2.32. The molecule has 0 atom stereocenters. The van der Waals surface area contributed by atoms with E-state index < -0.39 is 0 Å². The fourth-order valence-electron chi connectivity index (χ4n) is 4.03. The number of aromatic nitrogens is 4. The van der Waals surface area contributed by atoms with Crippen LogP contribution in [0.4, 0.5) is 0 Å². The standard InChI is InChI=1S/C26H27N5O/c1-29(13-12-21-15-27-30(2)16-21)18-23-19-31(17-20-8-4-3-5-9-20)28-26(23)25-14-22-10-6-7-11-24(22)32-25/h3-11,14-16,19H,12-13,17-18H2,1-2H3. The fourth-order valence-corrected chi connectivity index (χ4v) is 4.03. The fraction of sp³-hybridized carbons (Fsp3) is 0.231. The van der Waals surface area contributed by atoms with Gasteiger partial charge in [0.25, 0.3) is 0 Å². The normalized spacial score (nSPS) is 11.6. The Morgan fingerprint density at radius 3 is 2.56 bits per heavy atom. The van der Waals surface area contributed by atoms with Crippen LogP contribution < -0.4 is 0 Å². The van der Waals surface area contributed by atoms with Gasteiger partial charge in [0.15, 0.2) is 5.76 Å². The van der Waals surface area contributed by atoms with Gasteiger partial charge in [-0.05, 0) is 36.7 Å². The van der Waals surface area contributed by atoms with Crippen LogP contribution in [-0.4, -0.2) is 38.1 Å². The Balaban J connectivity index is 1.41. The van der Waals surface area contributed by atoms with Gasteiger partial charge in [-0.15, -0.1) is 0 Å². The molecule has 0 aliphatic rings. The minimum atomic E-state index is 0.730. The van der Waals surface area contributed by atoms with Crippen molar-refractivity contribution in [2.45, 2.75) is 19.5 Å². The van der Waals surface area contributed by atoms with E-state index in [1.54, 1.807) is 0 Å². The second-order valence-corrected chi connectivity index (χ2v) is 8.34. The first-order valence-electron chi connectivity index (χ1n) is 10.9. The zero-order chi connectivity index (χ0) is 21.9. The Morgan fingerprint density at radius 2 is 1.78 bits per heavy atom. The lowest BCUT2D eigenvalue weighted by molar-refractivity contribution is 0.331. The average Bonchev–Trinajstić information content (AvgIpc) is 3.51. The van der Waals surface area contributed by atoms with Crippen molar-refractivity contribution in [3.8, 4) is 11.5 Å². The number of aryl methyl sites for hydroxylation is 1. The van der Waals surface area contributed by atoms with E-state index in [0.717, 1.165) is 54.0 Å². The number of benzene rings is 2. The summed E-state index contributed by atoms with van der Waals surface area (Å²) in [6.07, 6.45) is 7.12. The van der Waals surface area contributed by atoms with Gasteiger partial charge >= 0.3 is 0 Å². The molecule has 32 heavy (non-hydrogen) atoms. The lowest BCUT2D eigenvalue weighted by Crippen LogP contribution is -2.20. The number of rotatable bonds is 8. The Kier molecular flexibility index (Phi) is 5.60. The van der Waals surface area contributed by atoms with Gasteiger partial charge in [0.05, 0.1) is 12.7 Å². The molecule has 0 N–H and O–H groups in total. The van der Waals surface area contributed by atoms with E-state index in [4.69, 9.17) is 9.52 Å². The van der Waals surface area contributed by atoms with E-state index in [-0.39, 0.29) is 0 Å². The molecule has 0 radical (unpaired) electrons. The Labute approximate surface area is 187 Å². The number of hydrogen-bond acceptors (Lipinski definition) is 4. The Bertz CT molecular complexity index is 1280. The SMILES string of the molecule is CN(CCc1cnn(C)c1)Cc1cn(Cc2ccccc2)nc1-c1cc2ccccc2o1. The van der Waals surface area contributed by atoms with Crippen LogP contribution in [0.5, 0.6) is 0 Å². The van der Waals surface area contributed by atoms with Gasteiger partial charge in [-0.25, -0.2) is 0 Å². The quantitative estimate of drug-likeness (QED) is 0.360. The van der Waals surface area contributed by atoms with Crippen LogP contribution in [0.15, 0.2) is 83.7 Å². The molecule has 2 aromatic carbocycles. The first kappa shape index (κ1) is 20.3. The lowest BCUT2D eigenvalue weighted by Gasteiger charge is -2.15. The van der Waals surface area contributed by atoms with Crippen LogP contribution in [0, 0.1) is 0 Å². The van der Waals surface area contributed by atoms with Crippen LogP contribution in [0.2, 0.25) is 0 Å². The van der Waals surface area contributed by atoms with E-state index in [1.165, 1.54) is 11.1 Å². The molecule has 0 aliphatic carbocycles. The molecular formula is C26H27N5O. The molecule has 5 aromatic rings. The molecule has 0 bridgehead atoms. The highest BCUT2D eigenvalue weighted by Crippen LogP contribution is 2.30. The molecule has 0 saturated heterocycles. The van der Waals surface area contributed by atoms with Crippen molar-refractivity contribution in [1.29, 1.82) is 0 Å². The van der Waals surface area contributed by atoms with Gasteiger partial charge in [0, 0.05) is 43.5 Å². The van der Waals surface area contributed by atoms with Crippen LogP contribution in [-0.2, 0) is 26.6 Å². The number of hydrogen-bond donors (Lipinski definition) is 0. The largest absolute Gasteiger partial charge is 0.454 e. The van der Waals surface area contributed by atoms with E-state index in [1.807, 2.05) is 46.9 Å². The van der Waals surface area contributed by atoms with Crippen molar-refractivity contribution in [2.75, 3.05) is 13.6 Å². The number of furan rings is 1. The monoisotopic (exact) mass is 425 g/mol. The smallest absolute Gasteiger partial charge is 0.156 e. The highest BCUT2D eigenvalue weighted by molar-refractivity contribution is 5.82. The van der Waals surface area contributed by atoms with E-state index in [9.17, 15) is 0 Å². The minimum absolute atomic E-state index is 0.730. The first-order chi connectivity index (χ1) is 15.6. The van der Waals surface area contributed by atoms with Crippen molar-refractivity contribution in [1.82, 2.24) is 24.5 Å². The highest BCUT2D eigenvalue weighted by atomic mass is 16.3. The van der Waals surface area contributed by atoms with Crippen LogP contribution in [0.1, 0.15) is 16.7 Å². The number of nitrogens with zero attached hydrogens (tertiary/aromatic N) is 5. The van der Waals surface area contributed by atoms with Crippen LogP contribution in [0.25, 0.3) is 22.4 Å². The molecule has 0 amide bonds. The zero-order valence-electron chi connectivity index (χ0n) is 18.5. The minimum Gasteiger partial charge on any atom is -0.454 e. The Hall–Kier alpha value is -3.64. The topological polar surface area (TPSA) is 52.0 Å². The summed E-state index contributed by atoms with van der Waals surface area (Å²) >= 11 is 0. The molecule has 0 fully saturated rings. The van der Waals surface area contributed by atoms with Crippen molar-refractivity contribution in [3.63, 3.8) is 0 Å². The van der Waals surface area contributed by atoms with E-state index in [0.29, 0.717) is 0 Å². The van der Waals surface area contributed by atoms with Crippen LogP contribution >= 0.6 is 0 Å². The molecule has 0 spiro atoms. The average molecular weight is 426 g/mol. The summed E-state index contributed by atoms with van der Waals surface area (Å²) < 4.78 is 10.0. The Morgan fingerprint density at radius 1 is 0.969 bits per heavy atom. The van der Waals surface area contributed by atoms with E-state index >= 15 is 0 Å². The number of fused-ring (bicyclic) bond motifs is 1. The molecule has 6 nitrogen and oxygen atoms in total. The summed E-state index contributed by atoms with van der Waals surface area (Å²) in [7, 11) is 4.10. The molecule has 0 aliphatic heterocycles. The summed E-state index contributed by atoms with van der Waals surface area (Å²) in [5.41, 5.74) is 5.43. The molecule has 162 valence electrons. The third-order valence-electron chi connectivity index (χ3n) is 5.66. The van der Waals surface area contributed by atoms with Crippen molar-refractivity contribution >= 4 is 11.0 Å². The number of para-hydroxylation sites is 1. The van der Waals surface area contributed by atoms with Gasteiger partial charge in [-0.2, -0.15) is 10.2 Å². The molecular weight excluding hydrogens is 398 g/mol. The second-order valence-electron chi connectivity index (χ2n) is 8.34. The van der Waals surface area contributed by atoms with Crippen molar-refractivity contribution in [3.05, 3.63) is 95.9 Å². The molecule has 5 rings (SSSR count). The molecule has 0 saturated carbocycles. The third kappa shape index (κ3) is 4.50. The van der Waals surface area contributed by atoms with Gasteiger partial charge < -0.3 is 9.32 Å². The summed E-state index contributed by atoms with van der Waals surface area (Å²) in [6, 6.07) is 20.6. The van der Waals surface area contributed by atoms with Crippen LogP contribution in [0.3, 0.4) is 0 Å². The van der Waals surface area contributed by atoms with Gasteiger partial charge in [0.2, 0.25) is 0 Å². The van der Waals surface area contributed by atoms with Crippen molar-refractivity contribution < 1.29 is 4.42 Å². The summed E-state index contributed by atoms with van der Waals surface area (Å²) in [6.45, 7) is 2.46. The predicted molar refractivity (Wildman–Crippen MR) is 126 cm³/mol. The highest BCUT2D eigenvalue weighted by Gasteiger charge is 2.17. The zero-order valence-corrected chi connectivity index (χ0v) is 18.5. The molecule has 6 heteroatoms. The van der Waals surface area contributed by atoms with Crippen molar-refractivity contribution in [2.24, 2.45) is 7.05 Å². The maximum Gasteiger partial charge on any atom is 0.156 e. The first-order valence-corrected chi connectivity index (χ1v) is 10.9. The molecule has 3 aromatic heterocycles. The lowest BCUT2D eigenvalue weighted by atomic mass is 10.1. The van der Waals surface area contributed by atoms with Gasteiger partial charge in [-0.1, -0.05) is 48.5 Å².